The van der Waals surface area contributed by atoms with Crippen LogP contribution in [0, 0.1) is 12.3 Å². The zero-order chi connectivity index (χ0) is 14.3. The lowest BCUT2D eigenvalue weighted by Crippen LogP contribution is -2.28. The summed E-state index contributed by atoms with van der Waals surface area (Å²) in [7, 11) is 1.51. The Bertz CT molecular complexity index is 523. The van der Waals surface area contributed by atoms with Crippen molar-refractivity contribution in [3.63, 3.8) is 0 Å². The molecule has 0 aromatic heterocycles. The topological polar surface area (TPSA) is 70.2 Å². The van der Waals surface area contributed by atoms with Gasteiger partial charge in [0.1, 0.15) is 0 Å². The first-order chi connectivity index (χ1) is 9.08. The highest BCUT2D eigenvalue weighted by molar-refractivity contribution is 6.34. The normalized spacial score (nSPS) is 9.53. The molecule has 0 saturated heterocycles. The zero-order valence-electron chi connectivity index (χ0n) is 10.4. The Hall–Kier alpha value is -2.03. The minimum atomic E-state index is -0.313. The number of nitrogens with one attached hydrogen (secondary N) is 3. The summed E-state index contributed by atoms with van der Waals surface area (Å²) in [5, 5.41) is 8.20. The molecule has 1 aromatic rings. The van der Waals surface area contributed by atoms with Crippen molar-refractivity contribution in [3.8, 4) is 12.3 Å². The van der Waals surface area contributed by atoms with Crippen LogP contribution in [-0.2, 0) is 4.79 Å². The molecule has 0 fully saturated rings. The molecule has 6 heteroatoms. The van der Waals surface area contributed by atoms with Gasteiger partial charge in [0.15, 0.2) is 0 Å². The molecule has 1 aromatic carbocycles. The molecule has 2 amide bonds. The second-order valence-corrected chi connectivity index (χ2v) is 4.04. The molecule has 0 bridgehead atoms. The molecule has 0 spiro atoms. The first kappa shape index (κ1) is 15.0. The summed E-state index contributed by atoms with van der Waals surface area (Å²) in [6.07, 6.45) is 5.05. The summed E-state index contributed by atoms with van der Waals surface area (Å²) in [4.78, 5) is 23.1. The Kier molecular flexibility index (Phi) is 5.86. The molecule has 5 nitrogen and oxygen atoms in total. The van der Waals surface area contributed by atoms with Crippen LogP contribution < -0.4 is 16.0 Å². The van der Waals surface area contributed by atoms with E-state index in [2.05, 4.69) is 21.9 Å². The van der Waals surface area contributed by atoms with Crippen LogP contribution in [0.1, 0.15) is 10.4 Å². The molecule has 0 saturated carbocycles. The first-order valence-corrected chi connectivity index (χ1v) is 5.92. The predicted molar refractivity (Wildman–Crippen MR) is 75.2 cm³/mol. The van der Waals surface area contributed by atoms with Crippen molar-refractivity contribution in [3.05, 3.63) is 28.8 Å². The number of anilines is 1. The average Bonchev–Trinajstić information content (AvgIpc) is 2.40. The van der Waals surface area contributed by atoms with Crippen LogP contribution in [0.3, 0.4) is 0 Å². The van der Waals surface area contributed by atoms with E-state index in [1.165, 1.54) is 13.1 Å². The van der Waals surface area contributed by atoms with Gasteiger partial charge in [-0.05, 0) is 18.2 Å². The highest BCUT2D eigenvalue weighted by Crippen LogP contribution is 2.20. The Labute approximate surface area is 116 Å². The van der Waals surface area contributed by atoms with Crippen LogP contribution in [-0.4, -0.2) is 32.0 Å². The fourth-order valence-corrected chi connectivity index (χ4v) is 1.57. The summed E-state index contributed by atoms with van der Waals surface area (Å²) in [5.41, 5.74) is 0.800. The third kappa shape index (κ3) is 4.62. The number of rotatable bonds is 5. The molecule has 3 N–H and O–H groups in total. The molecule has 0 aliphatic carbocycles. The standard InChI is InChI=1S/C13H14ClN3O2/c1-3-6-16-8-12(18)17-9-4-5-11(14)10(7-9)13(19)15-2/h1,4-5,7,16H,6,8H2,2H3,(H,15,19)(H,17,18). The summed E-state index contributed by atoms with van der Waals surface area (Å²) in [5.74, 6) is 1.80. The quantitative estimate of drug-likeness (QED) is 0.553. The van der Waals surface area contributed by atoms with Gasteiger partial charge in [-0.25, -0.2) is 0 Å². The number of hydrogen-bond donors (Lipinski definition) is 3. The van der Waals surface area contributed by atoms with Gasteiger partial charge in [-0.15, -0.1) is 6.42 Å². The van der Waals surface area contributed by atoms with Gasteiger partial charge in [0.2, 0.25) is 5.91 Å². The number of terminal acetylenes is 1. The third-order valence-electron chi connectivity index (χ3n) is 2.23. The maximum absolute atomic E-state index is 11.5. The monoisotopic (exact) mass is 279 g/mol. The molecule has 19 heavy (non-hydrogen) atoms. The second-order valence-electron chi connectivity index (χ2n) is 3.63. The lowest BCUT2D eigenvalue weighted by molar-refractivity contribution is -0.115. The van der Waals surface area contributed by atoms with Crippen LogP contribution in [0.4, 0.5) is 5.69 Å². The van der Waals surface area contributed by atoms with E-state index in [1.54, 1.807) is 12.1 Å². The molecule has 0 unspecified atom stereocenters. The molecule has 100 valence electrons. The minimum Gasteiger partial charge on any atom is -0.355 e. The highest BCUT2D eigenvalue weighted by Gasteiger charge is 2.10. The van der Waals surface area contributed by atoms with Gasteiger partial charge < -0.3 is 10.6 Å². The van der Waals surface area contributed by atoms with Crippen molar-refractivity contribution in [2.45, 2.75) is 0 Å². The van der Waals surface area contributed by atoms with Crippen molar-refractivity contribution in [2.75, 3.05) is 25.5 Å². The van der Waals surface area contributed by atoms with Gasteiger partial charge in [-0.3, -0.25) is 14.9 Å². The lowest BCUT2D eigenvalue weighted by atomic mass is 10.2. The fourth-order valence-electron chi connectivity index (χ4n) is 1.37. The third-order valence-corrected chi connectivity index (χ3v) is 2.56. The Morgan fingerprint density at radius 2 is 2.16 bits per heavy atom. The van der Waals surface area contributed by atoms with Gasteiger partial charge in [0.25, 0.3) is 5.91 Å². The van der Waals surface area contributed by atoms with Crippen molar-refractivity contribution >= 4 is 29.1 Å². The number of carbonyl (C=O) groups is 2. The molecule has 0 aliphatic heterocycles. The SMILES string of the molecule is C#CCNCC(=O)Nc1ccc(Cl)c(C(=O)NC)c1. The molecular formula is C13H14ClN3O2. The van der Waals surface area contributed by atoms with Gasteiger partial charge in [-0.1, -0.05) is 17.5 Å². The van der Waals surface area contributed by atoms with E-state index in [9.17, 15) is 9.59 Å². The van der Waals surface area contributed by atoms with Gasteiger partial charge in [0, 0.05) is 12.7 Å². The molecule has 0 aliphatic rings. The molecular weight excluding hydrogens is 266 g/mol. The smallest absolute Gasteiger partial charge is 0.252 e. The fraction of sp³-hybridized carbons (Fsp3) is 0.231. The number of benzene rings is 1. The van der Waals surface area contributed by atoms with E-state index in [1.807, 2.05) is 0 Å². The summed E-state index contributed by atoms with van der Waals surface area (Å²) in [6.45, 7) is 0.416. The zero-order valence-corrected chi connectivity index (χ0v) is 11.2. The number of halogens is 1. The summed E-state index contributed by atoms with van der Waals surface area (Å²) >= 11 is 5.90. The van der Waals surface area contributed by atoms with Crippen LogP contribution in [0.15, 0.2) is 18.2 Å². The number of hydrogen-bond acceptors (Lipinski definition) is 3. The second kappa shape index (κ2) is 7.41. The Balaban J connectivity index is 2.72. The van der Waals surface area contributed by atoms with Gasteiger partial charge >= 0.3 is 0 Å². The maximum atomic E-state index is 11.5. The molecule has 0 atom stereocenters. The van der Waals surface area contributed by atoms with E-state index < -0.39 is 0 Å². The summed E-state index contributed by atoms with van der Waals surface area (Å²) < 4.78 is 0. The largest absolute Gasteiger partial charge is 0.355 e. The van der Waals surface area contributed by atoms with E-state index in [4.69, 9.17) is 18.0 Å². The van der Waals surface area contributed by atoms with Crippen molar-refractivity contribution < 1.29 is 9.59 Å². The van der Waals surface area contributed by atoms with Gasteiger partial charge in [0.05, 0.1) is 23.7 Å². The average molecular weight is 280 g/mol. The Morgan fingerprint density at radius 1 is 1.42 bits per heavy atom. The number of carbonyl (C=O) groups excluding carboxylic acids is 2. The van der Waals surface area contributed by atoms with E-state index in [0.717, 1.165) is 0 Å². The lowest BCUT2D eigenvalue weighted by Gasteiger charge is -2.08. The number of amides is 2. The molecule has 0 radical (unpaired) electrons. The van der Waals surface area contributed by atoms with Crippen LogP contribution in [0.2, 0.25) is 5.02 Å². The van der Waals surface area contributed by atoms with Gasteiger partial charge in [-0.2, -0.15) is 0 Å². The minimum absolute atomic E-state index is 0.0993. The van der Waals surface area contributed by atoms with Crippen molar-refractivity contribution in [2.24, 2.45) is 0 Å². The van der Waals surface area contributed by atoms with Crippen LogP contribution in [0.25, 0.3) is 0 Å². The van der Waals surface area contributed by atoms with Crippen LogP contribution in [0.5, 0.6) is 0 Å². The van der Waals surface area contributed by atoms with E-state index in [-0.39, 0.29) is 18.4 Å². The first-order valence-electron chi connectivity index (χ1n) is 5.54. The highest BCUT2D eigenvalue weighted by atomic mass is 35.5. The van der Waals surface area contributed by atoms with Crippen LogP contribution >= 0.6 is 11.6 Å². The summed E-state index contributed by atoms with van der Waals surface area (Å²) in [6, 6.07) is 4.69. The van der Waals surface area contributed by atoms with E-state index in [0.29, 0.717) is 22.8 Å². The van der Waals surface area contributed by atoms with E-state index >= 15 is 0 Å². The van der Waals surface area contributed by atoms with Crippen molar-refractivity contribution in [1.29, 1.82) is 0 Å². The predicted octanol–water partition coefficient (Wildman–Crippen LogP) is 0.861. The molecule has 0 heterocycles. The molecule has 1 rings (SSSR count). The Morgan fingerprint density at radius 3 is 2.79 bits per heavy atom. The van der Waals surface area contributed by atoms with Crippen molar-refractivity contribution in [1.82, 2.24) is 10.6 Å². The maximum Gasteiger partial charge on any atom is 0.252 e.